The second kappa shape index (κ2) is 42.8. The van der Waals surface area contributed by atoms with E-state index in [1.54, 1.807) is 0 Å². The third kappa shape index (κ3) is 27.9. The van der Waals surface area contributed by atoms with Gasteiger partial charge >= 0.3 is 9.05 Å². The second-order valence-corrected chi connectivity index (χ2v) is 4.39. The van der Waals surface area contributed by atoms with E-state index >= 15 is 0 Å². The van der Waals surface area contributed by atoms with Gasteiger partial charge in [0, 0.05) is 26.4 Å². The highest BCUT2D eigenvalue weighted by molar-refractivity contribution is 6.53. The zero-order chi connectivity index (χ0) is 10.2. The summed E-state index contributed by atoms with van der Waals surface area (Å²) in [6.07, 6.45) is 0. The van der Waals surface area contributed by atoms with Gasteiger partial charge in [0.15, 0.2) is 0 Å². The van der Waals surface area contributed by atoms with Gasteiger partial charge in [-0.05, 0) is 27.7 Å². The van der Waals surface area contributed by atoms with Crippen molar-refractivity contribution in [2.45, 2.75) is 27.7 Å². The molecule has 0 rings (SSSR count). The van der Waals surface area contributed by atoms with Crippen LogP contribution in [0.25, 0.3) is 0 Å². The van der Waals surface area contributed by atoms with Crippen LogP contribution in [0.5, 0.6) is 0 Å². The van der Waals surface area contributed by atoms with Crippen molar-refractivity contribution in [2.75, 3.05) is 26.4 Å². The fraction of sp³-hybridized carbons (Fsp3) is 1.00. The highest BCUT2D eigenvalue weighted by Gasteiger charge is 2.44. The van der Waals surface area contributed by atoms with Crippen LogP contribution < -0.4 is 0 Å². The lowest BCUT2D eigenvalue weighted by Crippen LogP contribution is -2.49. The largest absolute Gasteiger partial charge is 0.679 e. The van der Waals surface area contributed by atoms with Gasteiger partial charge in [0.25, 0.3) is 0 Å². The first kappa shape index (κ1) is 67.9. The summed E-state index contributed by atoms with van der Waals surface area (Å²) in [7, 11) is -2.80. The molecule has 0 amide bonds. The van der Waals surface area contributed by atoms with Crippen LogP contribution in [0.15, 0.2) is 0 Å². The van der Waals surface area contributed by atoms with Crippen molar-refractivity contribution in [3.05, 3.63) is 0 Å². The van der Waals surface area contributed by atoms with Crippen molar-refractivity contribution in [2.24, 2.45) is 0 Å². The van der Waals surface area contributed by atoms with Gasteiger partial charge in [-0.2, -0.15) is 0 Å². The maximum Gasteiger partial charge on any atom is 0.679 e. The molecule has 0 aromatic heterocycles. The first-order valence-corrected chi connectivity index (χ1v) is 6.43. The van der Waals surface area contributed by atoms with Crippen LogP contribution in [0, 0.1) is 0 Å². The highest BCUT2D eigenvalue weighted by atomic mass is 28.4. The molecule has 13 nitrogen and oxygen atoms in total. The Kier molecular flexibility index (Phi) is 132. The molecular weight excluding hydrogens is 332 g/mol. The molecule has 0 bridgehead atoms. The molecule has 0 atom stereocenters. The summed E-state index contributed by atoms with van der Waals surface area (Å²) in [4.78, 5) is 0. The minimum atomic E-state index is -2.80. The number of rotatable bonds is 8. The monoisotopic (exact) mass is 370 g/mol. The second-order valence-electron chi connectivity index (χ2n) is 2.23. The van der Waals surface area contributed by atoms with Crippen molar-refractivity contribution in [1.29, 1.82) is 0 Å². The van der Waals surface area contributed by atoms with Crippen LogP contribution in [0.1, 0.15) is 27.7 Å². The van der Waals surface area contributed by atoms with E-state index in [-0.39, 0.29) is 49.3 Å². The maximum atomic E-state index is 5.42. The van der Waals surface area contributed by atoms with E-state index in [0.717, 1.165) is 0 Å². The van der Waals surface area contributed by atoms with E-state index in [1.165, 1.54) is 0 Å². The first-order valence-electron chi connectivity index (χ1n) is 4.80. The Hall–Kier alpha value is -0.303. The lowest BCUT2D eigenvalue weighted by molar-refractivity contribution is -0.0247. The van der Waals surface area contributed by atoms with Gasteiger partial charge in [-0.1, -0.05) is 0 Å². The Balaban J connectivity index is -0.0000000200. The van der Waals surface area contributed by atoms with Gasteiger partial charge in [-0.15, -0.1) is 0 Å². The zero-order valence-corrected chi connectivity index (χ0v) is 14.5. The molecule has 0 heterocycles. The van der Waals surface area contributed by atoms with Gasteiger partial charge in [0.05, 0.1) is 0 Å². The molecule has 0 radical (unpaired) electrons. The van der Waals surface area contributed by atoms with Crippen LogP contribution in [0.4, 0.5) is 0 Å². The molecule has 18 N–H and O–H groups in total. The van der Waals surface area contributed by atoms with Crippen LogP contribution in [0.2, 0.25) is 0 Å². The summed E-state index contributed by atoms with van der Waals surface area (Å²) < 4.78 is 21.7. The minimum Gasteiger partial charge on any atom is -0.412 e. The lowest BCUT2D eigenvalue weighted by atomic mass is 10.9. The maximum absolute atomic E-state index is 5.42. The Morgan fingerprint density at radius 2 is 0.545 bits per heavy atom. The minimum absolute atomic E-state index is 0. The molecule has 0 aromatic rings. The van der Waals surface area contributed by atoms with Crippen molar-refractivity contribution in [1.82, 2.24) is 0 Å². The predicted octanol–water partition coefficient (Wildman–Crippen LogP) is -5.85. The van der Waals surface area contributed by atoms with Crippen LogP contribution in [0.3, 0.4) is 0 Å². The molecule has 0 saturated heterocycles. The van der Waals surface area contributed by atoms with E-state index in [1.807, 2.05) is 27.7 Å². The molecule has 22 heavy (non-hydrogen) atoms. The van der Waals surface area contributed by atoms with Crippen molar-refractivity contribution in [3.8, 4) is 0 Å². The first-order chi connectivity index (χ1) is 6.24. The summed E-state index contributed by atoms with van der Waals surface area (Å²) in [5, 5.41) is 0. The third-order valence-electron chi connectivity index (χ3n) is 1.28. The lowest BCUT2D eigenvalue weighted by Gasteiger charge is -2.26. The number of hydrogen-bond donors (Lipinski definition) is 0. The van der Waals surface area contributed by atoms with Gasteiger partial charge in [-0.25, -0.2) is 0 Å². The summed E-state index contributed by atoms with van der Waals surface area (Å²) in [6.45, 7) is 9.80. The Bertz CT molecular complexity index is 101. The Labute approximate surface area is 131 Å². The molecule has 0 unspecified atom stereocenters. The SMILES string of the molecule is CCO[Si](OCC)(OCC)OCC.O.O.O.O.O.O.O.O.O. The molecular formula is C8H38O13Si. The van der Waals surface area contributed by atoms with Gasteiger partial charge in [0.1, 0.15) is 0 Å². The van der Waals surface area contributed by atoms with Crippen LogP contribution in [-0.4, -0.2) is 84.8 Å². The van der Waals surface area contributed by atoms with E-state index in [2.05, 4.69) is 0 Å². The molecule has 0 aromatic carbocycles. The fourth-order valence-electron chi connectivity index (χ4n) is 0.957. The fourth-order valence-corrected chi connectivity index (χ4v) is 2.87. The third-order valence-corrected chi connectivity index (χ3v) is 3.85. The van der Waals surface area contributed by atoms with E-state index < -0.39 is 9.05 Å². The molecule has 0 spiro atoms. The number of hydrogen-bond acceptors (Lipinski definition) is 4. The van der Waals surface area contributed by atoms with E-state index in [9.17, 15) is 0 Å². The van der Waals surface area contributed by atoms with Crippen molar-refractivity contribution < 1.29 is 67.0 Å². The summed E-state index contributed by atoms with van der Waals surface area (Å²) in [6, 6.07) is 0. The Morgan fingerprint density at radius 3 is 0.636 bits per heavy atom. The molecule has 0 fully saturated rings. The van der Waals surface area contributed by atoms with Gasteiger partial charge in [0.2, 0.25) is 0 Å². The van der Waals surface area contributed by atoms with E-state index in [4.69, 9.17) is 17.7 Å². The zero-order valence-electron chi connectivity index (χ0n) is 13.5. The average Bonchev–Trinajstić information content (AvgIpc) is 2.06. The average molecular weight is 370 g/mol. The summed E-state index contributed by atoms with van der Waals surface area (Å²) in [5.74, 6) is 0. The molecule has 14 heteroatoms. The smallest absolute Gasteiger partial charge is 0.412 e. The quantitative estimate of drug-likeness (QED) is 0.376. The highest BCUT2D eigenvalue weighted by Crippen LogP contribution is 2.11. The molecule has 0 saturated carbocycles. The molecule has 0 aliphatic carbocycles. The van der Waals surface area contributed by atoms with Crippen molar-refractivity contribution >= 4 is 9.05 Å². The van der Waals surface area contributed by atoms with Gasteiger partial charge in [-0.3, -0.25) is 0 Å². The summed E-state index contributed by atoms with van der Waals surface area (Å²) in [5.41, 5.74) is 0. The standard InChI is InChI=1S/C8H20O4Si.9H2O/c1-5-9-13(10-6-2,11-7-3)12-8-4;;;;;;;;;/h5-8H2,1-4H3;9*1H2. The summed E-state index contributed by atoms with van der Waals surface area (Å²) >= 11 is 0. The van der Waals surface area contributed by atoms with Crippen LogP contribution in [-0.2, 0) is 17.7 Å². The van der Waals surface area contributed by atoms with Crippen molar-refractivity contribution in [3.63, 3.8) is 0 Å². The molecule has 152 valence electrons. The van der Waals surface area contributed by atoms with E-state index in [0.29, 0.717) is 26.4 Å². The van der Waals surface area contributed by atoms with Crippen LogP contribution >= 0.6 is 0 Å². The topological polar surface area (TPSA) is 320 Å². The molecule has 0 aliphatic rings. The molecule has 0 aliphatic heterocycles. The Morgan fingerprint density at radius 1 is 0.409 bits per heavy atom. The van der Waals surface area contributed by atoms with Gasteiger partial charge < -0.3 is 67.0 Å². The predicted molar refractivity (Wildman–Crippen MR) is 84.8 cm³/mol. The normalized spacial score (nSPS) is 7.09.